The quantitative estimate of drug-likeness (QED) is 0.402. The number of carbonyl (C=O) groups excluding carboxylic acids is 1. The van der Waals surface area contributed by atoms with Crippen LogP contribution < -0.4 is 0 Å². The summed E-state index contributed by atoms with van der Waals surface area (Å²) in [6.07, 6.45) is 2.62. The fourth-order valence-corrected chi connectivity index (χ4v) is 2.76. The smallest absolute Gasteiger partial charge is 0.192 e. The lowest BCUT2D eigenvalue weighted by molar-refractivity contribution is 0.112. The van der Waals surface area contributed by atoms with Crippen molar-refractivity contribution in [1.82, 2.24) is 0 Å². The molecule has 2 nitrogen and oxygen atoms in total. The van der Waals surface area contributed by atoms with Crippen LogP contribution in [0.1, 0.15) is 43.1 Å². The second-order valence-electron chi connectivity index (χ2n) is 7.12. The maximum atomic E-state index is 11.0. The van der Waals surface area contributed by atoms with Gasteiger partial charge in [-0.2, -0.15) is 0 Å². The number of aldehydes is 1. The van der Waals surface area contributed by atoms with Gasteiger partial charge >= 0.3 is 0 Å². The van der Waals surface area contributed by atoms with Gasteiger partial charge in [0.05, 0.1) is 6.61 Å². The van der Waals surface area contributed by atoms with E-state index in [1.54, 1.807) is 0 Å². The molecule has 21 heavy (non-hydrogen) atoms. The first kappa shape index (κ1) is 17.9. The first-order valence-corrected chi connectivity index (χ1v) is 10.4. The highest BCUT2D eigenvalue weighted by molar-refractivity contribution is 6.74. The molecule has 0 aliphatic carbocycles. The van der Waals surface area contributed by atoms with E-state index in [1.165, 1.54) is 0 Å². The minimum Gasteiger partial charge on any atom is -0.413 e. The second kappa shape index (κ2) is 7.19. The number of rotatable bonds is 7. The monoisotopic (exact) mass is 304 g/mol. The zero-order valence-electron chi connectivity index (χ0n) is 14.0. The Kier molecular flexibility index (Phi) is 6.11. The van der Waals surface area contributed by atoms with Gasteiger partial charge in [0, 0.05) is 5.56 Å². The van der Waals surface area contributed by atoms with Crippen molar-refractivity contribution < 1.29 is 9.22 Å². The molecule has 0 fully saturated rings. The van der Waals surface area contributed by atoms with Gasteiger partial charge in [-0.25, -0.2) is 0 Å². The molecule has 0 unspecified atom stereocenters. The van der Waals surface area contributed by atoms with Crippen LogP contribution in [0.25, 0.3) is 0 Å². The van der Waals surface area contributed by atoms with Crippen LogP contribution in [0.15, 0.2) is 36.4 Å². The fourth-order valence-electron chi connectivity index (χ4n) is 1.76. The van der Waals surface area contributed by atoms with E-state index in [0.29, 0.717) is 6.61 Å². The minimum absolute atomic E-state index is 0.220. The Morgan fingerprint density at radius 3 is 2.48 bits per heavy atom. The predicted molar refractivity (Wildman–Crippen MR) is 92.4 cm³/mol. The van der Waals surface area contributed by atoms with Gasteiger partial charge in [0.2, 0.25) is 0 Å². The van der Waals surface area contributed by atoms with Crippen molar-refractivity contribution in [3.63, 3.8) is 0 Å². The molecule has 0 aromatic heterocycles. The number of hydrogen-bond acceptors (Lipinski definition) is 2. The van der Waals surface area contributed by atoms with Gasteiger partial charge in [-0.15, -0.1) is 0 Å². The highest BCUT2D eigenvalue weighted by atomic mass is 28.4. The summed E-state index contributed by atoms with van der Waals surface area (Å²) in [5.41, 5.74) is 2.96. The van der Waals surface area contributed by atoms with E-state index in [0.717, 1.165) is 35.8 Å². The molecule has 0 N–H and O–H groups in total. The topological polar surface area (TPSA) is 26.3 Å². The lowest BCUT2D eigenvalue weighted by Gasteiger charge is -2.36. The lowest BCUT2D eigenvalue weighted by atomic mass is 10.0. The van der Waals surface area contributed by atoms with Gasteiger partial charge in [0.1, 0.15) is 6.29 Å². The molecule has 0 spiro atoms. The Bertz CT molecular complexity index is 498. The third-order valence-electron chi connectivity index (χ3n) is 4.37. The van der Waals surface area contributed by atoms with Gasteiger partial charge < -0.3 is 4.43 Å². The molecule has 0 aliphatic rings. The van der Waals surface area contributed by atoms with E-state index in [1.807, 2.05) is 24.3 Å². The third kappa shape index (κ3) is 5.25. The van der Waals surface area contributed by atoms with Crippen LogP contribution >= 0.6 is 0 Å². The maximum Gasteiger partial charge on any atom is 0.192 e. The molecule has 0 aliphatic heterocycles. The maximum absolute atomic E-state index is 11.0. The van der Waals surface area contributed by atoms with E-state index in [2.05, 4.69) is 40.4 Å². The van der Waals surface area contributed by atoms with Crippen LogP contribution in [0.3, 0.4) is 0 Å². The average Bonchev–Trinajstić information content (AvgIpc) is 2.42. The molecule has 0 saturated carbocycles. The number of carbonyl (C=O) groups is 1. The van der Waals surface area contributed by atoms with Crippen molar-refractivity contribution in [3.05, 3.63) is 47.5 Å². The molecule has 1 rings (SSSR count). The summed E-state index contributed by atoms with van der Waals surface area (Å²) in [4.78, 5) is 11.0. The number of hydrogen-bond donors (Lipinski definition) is 0. The van der Waals surface area contributed by atoms with E-state index in [9.17, 15) is 4.79 Å². The Labute approximate surface area is 130 Å². The summed E-state index contributed by atoms with van der Waals surface area (Å²) in [6.45, 7) is 16.0. The molecule has 116 valence electrons. The van der Waals surface area contributed by atoms with Crippen molar-refractivity contribution in [2.45, 2.75) is 51.7 Å². The highest BCUT2D eigenvalue weighted by Gasteiger charge is 2.36. The van der Waals surface area contributed by atoms with Gasteiger partial charge in [-0.3, -0.25) is 4.79 Å². The van der Waals surface area contributed by atoms with Crippen LogP contribution in [-0.2, 0) is 10.8 Å². The molecule has 0 atom stereocenters. The van der Waals surface area contributed by atoms with Crippen molar-refractivity contribution >= 4 is 14.6 Å². The Morgan fingerprint density at radius 2 is 1.90 bits per heavy atom. The molecule has 0 heterocycles. The number of aryl methyl sites for hydroxylation is 1. The summed E-state index contributed by atoms with van der Waals surface area (Å²) in [5.74, 6) is 0. The molecule has 0 bridgehead atoms. The van der Waals surface area contributed by atoms with Gasteiger partial charge in [0.25, 0.3) is 0 Å². The van der Waals surface area contributed by atoms with Crippen molar-refractivity contribution in [3.8, 4) is 0 Å². The molecule has 0 radical (unpaired) electrons. The standard InChI is InChI=1S/C18H28O2Si/c1-15(14-20-21(5,6)18(2,3)4)11-12-16-9-7-8-10-17(16)13-19/h7-10,13H,1,11-12,14H2,2-6H3. The van der Waals surface area contributed by atoms with Crippen LogP contribution in [-0.4, -0.2) is 21.2 Å². The third-order valence-corrected chi connectivity index (χ3v) is 8.85. The molecule has 3 heteroatoms. The minimum atomic E-state index is -1.71. The Morgan fingerprint density at radius 1 is 1.29 bits per heavy atom. The zero-order valence-corrected chi connectivity index (χ0v) is 15.0. The second-order valence-corrected chi connectivity index (χ2v) is 11.9. The largest absolute Gasteiger partial charge is 0.413 e. The van der Waals surface area contributed by atoms with Gasteiger partial charge in [-0.05, 0) is 36.5 Å². The summed E-state index contributed by atoms with van der Waals surface area (Å²) in [7, 11) is -1.71. The summed E-state index contributed by atoms with van der Waals surface area (Å²) >= 11 is 0. The van der Waals surface area contributed by atoms with E-state index in [-0.39, 0.29) is 5.04 Å². The first-order valence-electron chi connectivity index (χ1n) is 7.51. The lowest BCUT2D eigenvalue weighted by Crippen LogP contribution is -2.41. The molecule has 1 aromatic rings. The van der Waals surface area contributed by atoms with Crippen LogP contribution in [0, 0.1) is 0 Å². The van der Waals surface area contributed by atoms with Crippen LogP contribution in [0.2, 0.25) is 18.1 Å². The van der Waals surface area contributed by atoms with Crippen LogP contribution in [0.5, 0.6) is 0 Å². The molecule has 0 amide bonds. The summed E-state index contributed by atoms with van der Waals surface area (Å²) in [6, 6.07) is 7.72. The van der Waals surface area contributed by atoms with Gasteiger partial charge in [-0.1, -0.05) is 57.2 Å². The first-order chi connectivity index (χ1) is 9.67. The van der Waals surface area contributed by atoms with E-state index >= 15 is 0 Å². The van der Waals surface area contributed by atoms with Crippen molar-refractivity contribution in [2.24, 2.45) is 0 Å². The predicted octanol–water partition coefficient (Wildman–Crippen LogP) is 5.01. The SMILES string of the molecule is C=C(CCc1ccccc1C=O)CO[Si](C)(C)C(C)(C)C. The van der Waals surface area contributed by atoms with Crippen molar-refractivity contribution in [1.29, 1.82) is 0 Å². The summed E-state index contributed by atoms with van der Waals surface area (Å²) in [5, 5.41) is 0.220. The molecular formula is C18H28O2Si. The fraction of sp³-hybridized carbons (Fsp3) is 0.500. The van der Waals surface area contributed by atoms with Gasteiger partial charge in [0.15, 0.2) is 8.32 Å². The molecule has 1 aromatic carbocycles. The van der Waals surface area contributed by atoms with E-state index < -0.39 is 8.32 Å². The zero-order chi connectivity index (χ0) is 16.1. The van der Waals surface area contributed by atoms with Crippen LogP contribution in [0.4, 0.5) is 0 Å². The molecule has 0 saturated heterocycles. The average molecular weight is 305 g/mol. The van der Waals surface area contributed by atoms with Crippen molar-refractivity contribution in [2.75, 3.05) is 6.61 Å². The van der Waals surface area contributed by atoms with E-state index in [4.69, 9.17) is 4.43 Å². The Hall–Kier alpha value is -1.19. The summed E-state index contributed by atoms with van der Waals surface area (Å²) < 4.78 is 6.17. The highest BCUT2D eigenvalue weighted by Crippen LogP contribution is 2.36. The Balaban J connectivity index is 2.50. The number of benzene rings is 1. The molecular weight excluding hydrogens is 276 g/mol. The normalized spacial score (nSPS) is 12.2.